The highest BCUT2D eigenvalue weighted by Gasteiger charge is 2.38. The molecule has 0 spiro atoms. The van der Waals surface area contributed by atoms with E-state index in [1.165, 1.54) is 0 Å². The van der Waals surface area contributed by atoms with E-state index in [1.54, 1.807) is 13.0 Å². The fourth-order valence-electron chi connectivity index (χ4n) is 2.10. The third kappa shape index (κ3) is 3.66. The van der Waals surface area contributed by atoms with Crippen molar-refractivity contribution in [1.82, 2.24) is 0 Å². The lowest BCUT2D eigenvalue weighted by Crippen LogP contribution is -2.58. The lowest BCUT2D eigenvalue weighted by Gasteiger charge is -2.40. The Bertz CT molecular complexity index is 276. The molecule has 0 aromatic rings. The minimum Gasteiger partial charge on any atom is -0.466 e. The molecule has 17 heavy (non-hydrogen) atoms. The highest BCUT2D eigenvalue weighted by atomic mass is 16.5. The highest BCUT2D eigenvalue weighted by Crippen LogP contribution is 2.20. The number of likely N-dealkylation sites (N-methyl/N-ethyl adjacent to an activating group) is 1. The molecule has 4 nitrogen and oxygen atoms in total. The Kier molecular flexibility index (Phi) is 6.73. The van der Waals surface area contributed by atoms with Gasteiger partial charge in [-0.05, 0) is 33.8 Å². The van der Waals surface area contributed by atoms with Crippen LogP contribution in [-0.2, 0) is 14.3 Å². The van der Waals surface area contributed by atoms with Crippen molar-refractivity contribution in [2.75, 3.05) is 13.2 Å². The maximum absolute atomic E-state index is 11.5. The summed E-state index contributed by atoms with van der Waals surface area (Å²) in [6.45, 7) is 12.4. The number of quaternary nitrogens is 1. The number of hydrogen-bond acceptors (Lipinski definition) is 3. The van der Waals surface area contributed by atoms with E-state index in [9.17, 15) is 9.59 Å². The molecule has 2 atom stereocenters. The van der Waals surface area contributed by atoms with Gasteiger partial charge in [-0.2, -0.15) is 0 Å². The molecule has 0 aliphatic rings. The van der Waals surface area contributed by atoms with Gasteiger partial charge in [0.1, 0.15) is 12.5 Å². The summed E-state index contributed by atoms with van der Waals surface area (Å²) in [6, 6.07) is -0.119. The molecule has 0 aliphatic carbocycles. The van der Waals surface area contributed by atoms with Crippen molar-refractivity contribution in [3.63, 3.8) is 0 Å². The van der Waals surface area contributed by atoms with Crippen LogP contribution in [0.25, 0.3) is 0 Å². The number of rotatable bonds is 8. The van der Waals surface area contributed by atoms with E-state index in [0.717, 1.165) is 6.41 Å². The molecule has 0 heterocycles. The Morgan fingerprint density at radius 2 is 2.00 bits per heavy atom. The van der Waals surface area contributed by atoms with Crippen molar-refractivity contribution in [1.29, 1.82) is 0 Å². The third-order valence-corrected chi connectivity index (χ3v) is 3.28. The monoisotopic (exact) mass is 242 g/mol. The normalized spacial score (nSPS) is 16.1. The maximum Gasteiger partial charge on any atom is 0.312 e. The van der Waals surface area contributed by atoms with Crippen LogP contribution in [-0.4, -0.2) is 42.1 Å². The average molecular weight is 242 g/mol. The summed E-state index contributed by atoms with van der Waals surface area (Å²) in [5.41, 5.74) is 0. The van der Waals surface area contributed by atoms with Gasteiger partial charge in [-0.3, -0.25) is 9.28 Å². The van der Waals surface area contributed by atoms with Gasteiger partial charge in [-0.1, -0.05) is 6.58 Å². The van der Waals surface area contributed by atoms with Gasteiger partial charge in [0, 0.05) is 0 Å². The first-order valence-corrected chi connectivity index (χ1v) is 6.10. The molecule has 0 saturated heterocycles. The predicted molar refractivity (Wildman–Crippen MR) is 67.2 cm³/mol. The Morgan fingerprint density at radius 1 is 1.41 bits per heavy atom. The van der Waals surface area contributed by atoms with E-state index in [1.807, 2.05) is 20.8 Å². The number of hydrogen-bond donors (Lipinski definition) is 0. The summed E-state index contributed by atoms with van der Waals surface area (Å²) < 4.78 is 5.14. The van der Waals surface area contributed by atoms with Crippen molar-refractivity contribution in [3.8, 4) is 0 Å². The van der Waals surface area contributed by atoms with E-state index in [4.69, 9.17) is 4.74 Å². The summed E-state index contributed by atoms with van der Waals surface area (Å²) in [7, 11) is 0. The smallest absolute Gasteiger partial charge is 0.312 e. The minimum atomic E-state index is -0.282. The van der Waals surface area contributed by atoms with Gasteiger partial charge in [0.25, 0.3) is 0 Å². The molecule has 0 N–H and O–H groups in total. The standard InChI is InChI=1S/C13H24NO3/c1-6-12(9-13(16)17-8-3)14(7-2,10-15)11(4)5/h6,10-12H,1,7-9H2,2-5H3/q+1. The Balaban J connectivity index is 4.98. The second-order valence-electron chi connectivity index (χ2n) is 4.32. The molecule has 0 fully saturated rings. The van der Waals surface area contributed by atoms with Crippen molar-refractivity contribution in [2.24, 2.45) is 0 Å². The average Bonchev–Trinajstić information content (AvgIpc) is 2.29. The minimum absolute atomic E-state index is 0.106. The number of nitrogens with zero attached hydrogens (tertiary/aromatic N) is 1. The van der Waals surface area contributed by atoms with Crippen LogP contribution in [0.4, 0.5) is 0 Å². The fraction of sp³-hybridized carbons (Fsp3) is 0.692. The first-order chi connectivity index (χ1) is 7.98. The van der Waals surface area contributed by atoms with Crippen LogP contribution in [0.1, 0.15) is 34.1 Å². The summed E-state index contributed by atoms with van der Waals surface area (Å²) >= 11 is 0. The maximum atomic E-state index is 11.5. The van der Waals surface area contributed by atoms with Crippen LogP contribution in [0.3, 0.4) is 0 Å². The van der Waals surface area contributed by atoms with Gasteiger partial charge >= 0.3 is 12.4 Å². The molecule has 0 aliphatic heterocycles. The van der Waals surface area contributed by atoms with Crippen LogP contribution in [0.15, 0.2) is 12.7 Å². The van der Waals surface area contributed by atoms with Crippen LogP contribution >= 0.6 is 0 Å². The quantitative estimate of drug-likeness (QED) is 0.282. The van der Waals surface area contributed by atoms with E-state index in [-0.39, 0.29) is 29.0 Å². The molecular weight excluding hydrogens is 218 g/mol. The summed E-state index contributed by atoms with van der Waals surface area (Å²) in [4.78, 5) is 22.9. The highest BCUT2D eigenvalue weighted by molar-refractivity contribution is 5.70. The topological polar surface area (TPSA) is 43.4 Å². The fourth-order valence-corrected chi connectivity index (χ4v) is 2.10. The molecule has 0 aromatic heterocycles. The largest absolute Gasteiger partial charge is 0.466 e. The van der Waals surface area contributed by atoms with Gasteiger partial charge in [0.15, 0.2) is 0 Å². The van der Waals surface area contributed by atoms with Crippen LogP contribution in [0.2, 0.25) is 0 Å². The van der Waals surface area contributed by atoms with Crippen LogP contribution in [0, 0.1) is 0 Å². The summed E-state index contributed by atoms with van der Waals surface area (Å²) in [5.74, 6) is -0.282. The van der Waals surface area contributed by atoms with Crippen molar-refractivity contribution in [2.45, 2.75) is 46.2 Å². The molecule has 0 aromatic carbocycles. The molecule has 0 bridgehead atoms. The number of carbonyl (C=O) groups is 2. The Hall–Kier alpha value is -1.16. The van der Waals surface area contributed by atoms with Crippen molar-refractivity contribution >= 4 is 12.4 Å². The number of ether oxygens (including phenoxy) is 1. The number of amides is 1. The van der Waals surface area contributed by atoms with Crippen LogP contribution < -0.4 is 0 Å². The first-order valence-electron chi connectivity index (χ1n) is 6.10. The first kappa shape index (κ1) is 15.8. The summed E-state index contributed by atoms with van der Waals surface area (Å²) in [6.07, 6.45) is 2.78. The Labute approximate surface area is 104 Å². The van der Waals surface area contributed by atoms with Crippen molar-refractivity contribution in [3.05, 3.63) is 12.7 Å². The molecular formula is C13H24NO3+. The molecule has 0 saturated carbocycles. The molecule has 2 unspecified atom stereocenters. The Morgan fingerprint density at radius 3 is 2.29 bits per heavy atom. The molecule has 1 amide bonds. The van der Waals surface area contributed by atoms with E-state index in [0.29, 0.717) is 13.2 Å². The number of carbonyl (C=O) groups excluding carboxylic acids is 2. The molecule has 4 heteroatoms. The van der Waals surface area contributed by atoms with Gasteiger partial charge in [-0.15, -0.1) is 0 Å². The second-order valence-corrected chi connectivity index (χ2v) is 4.32. The van der Waals surface area contributed by atoms with Crippen molar-refractivity contribution < 1.29 is 18.8 Å². The van der Waals surface area contributed by atoms with Gasteiger partial charge in [0.2, 0.25) is 0 Å². The lowest BCUT2D eigenvalue weighted by atomic mass is 10.1. The predicted octanol–water partition coefficient (Wildman–Crippen LogP) is 1.90. The zero-order valence-electron chi connectivity index (χ0n) is 11.3. The van der Waals surface area contributed by atoms with Gasteiger partial charge in [-0.25, -0.2) is 4.79 Å². The molecule has 0 rings (SSSR count). The number of esters is 1. The zero-order valence-corrected chi connectivity index (χ0v) is 11.3. The third-order valence-electron chi connectivity index (χ3n) is 3.28. The van der Waals surface area contributed by atoms with E-state index in [2.05, 4.69) is 6.58 Å². The molecule has 0 radical (unpaired) electrons. The van der Waals surface area contributed by atoms with Gasteiger partial charge in [0.05, 0.1) is 19.2 Å². The second kappa shape index (κ2) is 7.22. The SMILES string of the molecule is C=CC(CC(=O)OCC)[N+](C=O)(CC)C(C)C. The van der Waals surface area contributed by atoms with E-state index >= 15 is 0 Å². The lowest BCUT2D eigenvalue weighted by molar-refractivity contribution is -0.883. The summed E-state index contributed by atoms with van der Waals surface area (Å²) in [5, 5.41) is 0. The van der Waals surface area contributed by atoms with E-state index < -0.39 is 0 Å². The molecule has 98 valence electrons. The zero-order chi connectivity index (χ0) is 13.5. The van der Waals surface area contributed by atoms with Crippen LogP contribution in [0.5, 0.6) is 0 Å². The van der Waals surface area contributed by atoms with Gasteiger partial charge < -0.3 is 4.74 Å².